The second-order valence-electron chi connectivity index (χ2n) is 3.37. The molecule has 0 spiro atoms. The summed E-state index contributed by atoms with van der Waals surface area (Å²) in [6.45, 7) is 1.98. The molecule has 0 saturated heterocycles. The van der Waals surface area contributed by atoms with E-state index in [1.807, 2.05) is 31.3 Å². The van der Waals surface area contributed by atoms with Crippen molar-refractivity contribution in [2.45, 2.75) is 13.3 Å². The lowest BCUT2D eigenvalue weighted by Gasteiger charge is -2.03. The van der Waals surface area contributed by atoms with E-state index in [0.717, 1.165) is 35.1 Å². The molecule has 0 aliphatic carbocycles. The summed E-state index contributed by atoms with van der Waals surface area (Å²) >= 11 is 4.19. The molecule has 0 unspecified atom stereocenters. The molecular formula is C11H13N3S. The Morgan fingerprint density at radius 1 is 1.40 bits per heavy atom. The molecule has 0 aliphatic rings. The molecule has 0 saturated carbocycles. The van der Waals surface area contributed by atoms with E-state index < -0.39 is 0 Å². The summed E-state index contributed by atoms with van der Waals surface area (Å²) in [5.41, 5.74) is 2.97. The highest BCUT2D eigenvalue weighted by molar-refractivity contribution is 7.80. The maximum Gasteiger partial charge on any atom is 0.130 e. The van der Waals surface area contributed by atoms with Gasteiger partial charge in [0.1, 0.15) is 5.82 Å². The molecule has 2 heterocycles. The van der Waals surface area contributed by atoms with E-state index in [1.54, 1.807) is 0 Å². The van der Waals surface area contributed by atoms with Crippen molar-refractivity contribution in [2.75, 3.05) is 5.75 Å². The molecule has 2 aromatic heterocycles. The first-order valence-electron chi connectivity index (χ1n) is 4.89. The van der Waals surface area contributed by atoms with Crippen LogP contribution in [0.1, 0.15) is 11.5 Å². The highest BCUT2D eigenvalue weighted by atomic mass is 32.1. The molecule has 3 nitrogen and oxygen atoms in total. The van der Waals surface area contributed by atoms with Gasteiger partial charge < -0.3 is 4.98 Å². The molecule has 78 valence electrons. The fourth-order valence-corrected chi connectivity index (χ4v) is 1.67. The van der Waals surface area contributed by atoms with Gasteiger partial charge in [-0.25, -0.2) is 9.97 Å². The summed E-state index contributed by atoms with van der Waals surface area (Å²) in [6.07, 6.45) is 2.70. The summed E-state index contributed by atoms with van der Waals surface area (Å²) in [7, 11) is 0. The van der Waals surface area contributed by atoms with Gasteiger partial charge in [0, 0.05) is 18.3 Å². The van der Waals surface area contributed by atoms with Crippen LogP contribution in [-0.4, -0.2) is 20.7 Å². The topological polar surface area (TPSA) is 41.6 Å². The van der Waals surface area contributed by atoms with Crippen LogP contribution in [0.15, 0.2) is 24.4 Å². The van der Waals surface area contributed by atoms with E-state index in [9.17, 15) is 0 Å². The van der Waals surface area contributed by atoms with E-state index >= 15 is 0 Å². The second-order valence-corrected chi connectivity index (χ2v) is 3.82. The average Bonchev–Trinajstić information content (AvgIpc) is 2.70. The molecule has 2 rings (SSSR count). The molecular weight excluding hydrogens is 206 g/mol. The number of nitrogens with one attached hydrogen (secondary N) is 1. The minimum Gasteiger partial charge on any atom is -0.360 e. The van der Waals surface area contributed by atoms with Crippen LogP contribution in [0.4, 0.5) is 0 Å². The molecule has 0 bridgehead atoms. The van der Waals surface area contributed by atoms with Gasteiger partial charge in [0.15, 0.2) is 0 Å². The molecule has 0 amide bonds. The van der Waals surface area contributed by atoms with Crippen molar-refractivity contribution in [3.8, 4) is 11.4 Å². The van der Waals surface area contributed by atoms with Gasteiger partial charge in [0.2, 0.25) is 0 Å². The zero-order valence-corrected chi connectivity index (χ0v) is 9.46. The Morgan fingerprint density at radius 2 is 2.27 bits per heavy atom. The lowest BCUT2D eigenvalue weighted by Crippen LogP contribution is -2.00. The van der Waals surface area contributed by atoms with Crippen LogP contribution in [0.3, 0.4) is 0 Å². The molecule has 0 aromatic carbocycles. The largest absolute Gasteiger partial charge is 0.360 e. The van der Waals surface area contributed by atoms with Crippen molar-refractivity contribution in [2.24, 2.45) is 0 Å². The first-order valence-corrected chi connectivity index (χ1v) is 5.52. The summed E-state index contributed by atoms with van der Waals surface area (Å²) < 4.78 is 0. The first kappa shape index (κ1) is 10.2. The van der Waals surface area contributed by atoms with Crippen LogP contribution in [-0.2, 0) is 6.42 Å². The summed E-state index contributed by atoms with van der Waals surface area (Å²) in [6, 6.07) is 5.95. The van der Waals surface area contributed by atoms with Gasteiger partial charge in [-0.15, -0.1) is 0 Å². The number of nitrogens with zero attached hydrogens (tertiary/aromatic N) is 2. The van der Waals surface area contributed by atoms with Crippen molar-refractivity contribution >= 4 is 12.6 Å². The normalized spacial score (nSPS) is 10.5. The van der Waals surface area contributed by atoms with Gasteiger partial charge in [-0.2, -0.15) is 12.6 Å². The maximum atomic E-state index is 4.47. The van der Waals surface area contributed by atoms with E-state index in [2.05, 4.69) is 27.6 Å². The Labute approximate surface area is 94.4 Å². The standard InChI is InChI=1S/C11H13N3S/c1-8-7-10(9-3-2-5-12-9)14-11(13-8)4-6-15/h2-3,5,7,12,15H,4,6H2,1H3. The van der Waals surface area contributed by atoms with Crippen LogP contribution in [0.5, 0.6) is 0 Å². The highest BCUT2D eigenvalue weighted by Gasteiger charge is 2.04. The summed E-state index contributed by atoms with van der Waals surface area (Å²) in [4.78, 5) is 12.0. The predicted octanol–water partition coefficient (Wildman–Crippen LogP) is 2.25. The van der Waals surface area contributed by atoms with Gasteiger partial charge in [-0.05, 0) is 30.9 Å². The van der Waals surface area contributed by atoms with E-state index in [1.165, 1.54) is 0 Å². The lowest BCUT2D eigenvalue weighted by molar-refractivity contribution is 0.928. The third-order valence-electron chi connectivity index (χ3n) is 2.11. The number of rotatable bonds is 3. The predicted molar refractivity (Wildman–Crippen MR) is 64.1 cm³/mol. The first-order chi connectivity index (χ1) is 7.29. The molecule has 1 N–H and O–H groups in total. The van der Waals surface area contributed by atoms with Crippen molar-refractivity contribution in [1.29, 1.82) is 0 Å². The van der Waals surface area contributed by atoms with E-state index in [0.29, 0.717) is 0 Å². The molecule has 0 aliphatic heterocycles. The molecule has 0 radical (unpaired) electrons. The van der Waals surface area contributed by atoms with Crippen molar-refractivity contribution < 1.29 is 0 Å². The summed E-state index contributed by atoms with van der Waals surface area (Å²) in [5, 5.41) is 0. The van der Waals surface area contributed by atoms with Gasteiger partial charge in [-0.3, -0.25) is 0 Å². The van der Waals surface area contributed by atoms with Crippen molar-refractivity contribution in [3.63, 3.8) is 0 Å². The lowest BCUT2D eigenvalue weighted by atomic mass is 10.2. The maximum absolute atomic E-state index is 4.47. The summed E-state index contributed by atoms with van der Waals surface area (Å²) in [5.74, 6) is 1.63. The Morgan fingerprint density at radius 3 is 2.93 bits per heavy atom. The van der Waals surface area contributed by atoms with Gasteiger partial charge in [-0.1, -0.05) is 0 Å². The Bertz CT molecular complexity index is 437. The number of hydrogen-bond acceptors (Lipinski definition) is 3. The van der Waals surface area contributed by atoms with E-state index in [-0.39, 0.29) is 0 Å². The monoisotopic (exact) mass is 219 g/mol. The molecule has 4 heteroatoms. The van der Waals surface area contributed by atoms with Crippen molar-refractivity contribution in [3.05, 3.63) is 35.9 Å². The smallest absolute Gasteiger partial charge is 0.130 e. The minimum atomic E-state index is 0.771. The van der Waals surface area contributed by atoms with E-state index in [4.69, 9.17) is 0 Å². The number of aryl methyl sites for hydroxylation is 2. The van der Waals surface area contributed by atoms with Gasteiger partial charge in [0.05, 0.1) is 11.4 Å². The number of thiol groups is 1. The fourth-order valence-electron chi connectivity index (χ4n) is 1.47. The SMILES string of the molecule is Cc1cc(-c2ccc[nH]2)nc(CCS)n1. The Kier molecular flexibility index (Phi) is 3.06. The quantitative estimate of drug-likeness (QED) is 0.777. The van der Waals surface area contributed by atoms with Crippen LogP contribution in [0.25, 0.3) is 11.4 Å². The number of H-pyrrole nitrogens is 1. The molecule has 0 atom stereocenters. The molecule has 2 aromatic rings. The second kappa shape index (κ2) is 4.49. The average molecular weight is 219 g/mol. The molecule has 15 heavy (non-hydrogen) atoms. The zero-order chi connectivity index (χ0) is 10.7. The minimum absolute atomic E-state index is 0.771. The Balaban J connectivity index is 2.40. The highest BCUT2D eigenvalue weighted by Crippen LogP contribution is 2.15. The number of aromatic amines is 1. The van der Waals surface area contributed by atoms with Crippen LogP contribution in [0, 0.1) is 6.92 Å². The fraction of sp³-hybridized carbons (Fsp3) is 0.273. The van der Waals surface area contributed by atoms with Crippen LogP contribution >= 0.6 is 12.6 Å². The van der Waals surface area contributed by atoms with Gasteiger partial charge in [0.25, 0.3) is 0 Å². The zero-order valence-electron chi connectivity index (χ0n) is 8.57. The number of hydrogen-bond donors (Lipinski definition) is 2. The van der Waals surface area contributed by atoms with Crippen molar-refractivity contribution in [1.82, 2.24) is 15.0 Å². The third-order valence-corrected chi connectivity index (χ3v) is 2.33. The van der Waals surface area contributed by atoms with Crippen LogP contribution in [0.2, 0.25) is 0 Å². The Hall–Kier alpha value is -1.29. The molecule has 0 fully saturated rings. The van der Waals surface area contributed by atoms with Crippen LogP contribution < -0.4 is 0 Å². The van der Waals surface area contributed by atoms with Gasteiger partial charge >= 0.3 is 0 Å². The third kappa shape index (κ3) is 2.39. The number of aromatic nitrogens is 3.